The Kier molecular flexibility index (Phi) is 6.75. The lowest BCUT2D eigenvalue weighted by Crippen LogP contribution is -2.49. The van der Waals surface area contributed by atoms with Gasteiger partial charge < -0.3 is 19.3 Å². The van der Waals surface area contributed by atoms with Gasteiger partial charge in [-0.1, -0.05) is 24.3 Å². The van der Waals surface area contributed by atoms with E-state index in [2.05, 4.69) is 14.9 Å². The first-order chi connectivity index (χ1) is 17.5. The molecule has 0 unspecified atom stereocenters. The fraction of sp³-hybridized carbons (Fsp3) is 0.179. The van der Waals surface area contributed by atoms with E-state index in [-0.39, 0.29) is 11.7 Å². The molecule has 1 aromatic heterocycles. The molecule has 0 radical (unpaired) electrons. The van der Waals surface area contributed by atoms with Crippen molar-refractivity contribution in [2.24, 2.45) is 0 Å². The van der Waals surface area contributed by atoms with Crippen LogP contribution in [0.2, 0.25) is 0 Å². The van der Waals surface area contributed by atoms with E-state index in [1.165, 1.54) is 12.1 Å². The first-order valence-corrected chi connectivity index (χ1v) is 11.7. The minimum absolute atomic E-state index is 0.0637. The Morgan fingerprint density at radius 3 is 2.22 bits per heavy atom. The highest BCUT2D eigenvalue weighted by atomic mass is 19.1. The summed E-state index contributed by atoms with van der Waals surface area (Å²) in [7, 11) is 0. The number of benzene rings is 3. The summed E-state index contributed by atoms with van der Waals surface area (Å²) >= 11 is 0. The molecule has 0 bridgehead atoms. The third-order valence-electron chi connectivity index (χ3n) is 5.79. The summed E-state index contributed by atoms with van der Waals surface area (Å²) in [6, 6.07) is 24.1. The molecule has 0 N–H and O–H groups in total. The van der Waals surface area contributed by atoms with Crippen molar-refractivity contribution in [3.8, 4) is 23.1 Å². The summed E-state index contributed by atoms with van der Waals surface area (Å²) in [5, 5.41) is 0. The maximum Gasteiger partial charge on any atom is 0.254 e. The van der Waals surface area contributed by atoms with Crippen LogP contribution < -0.4 is 14.4 Å². The van der Waals surface area contributed by atoms with Crippen molar-refractivity contribution in [3.63, 3.8) is 0 Å². The third-order valence-corrected chi connectivity index (χ3v) is 5.79. The molecule has 0 aliphatic carbocycles. The number of hydrogen-bond donors (Lipinski definition) is 0. The van der Waals surface area contributed by atoms with E-state index in [0.29, 0.717) is 60.7 Å². The molecule has 8 heteroatoms. The second-order valence-corrected chi connectivity index (χ2v) is 8.39. The molecule has 0 spiro atoms. The largest absolute Gasteiger partial charge is 0.457 e. The number of para-hydroxylation sites is 1. The van der Waals surface area contributed by atoms with E-state index in [0.717, 1.165) is 5.82 Å². The van der Waals surface area contributed by atoms with Crippen molar-refractivity contribution < 1.29 is 18.7 Å². The predicted molar refractivity (Wildman–Crippen MR) is 134 cm³/mol. The second-order valence-electron chi connectivity index (χ2n) is 8.39. The Morgan fingerprint density at radius 2 is 1.47 bits per heavy atom. The number of nitrogens with zero attached hydrogens (tertiary/aromatic N) is 4. The number of aryl methyl sites for hydroxylation is 1. The zero-order valence-electron chi connectivity index (χ0n) is 19.8. The van der Waals surface area contributed by atoms with E-state index in [9.17, 15) is 9.18 Å². The van der Waals surface area contributed by atoms with Crippen LogP contribution >= 0.6 is 0 Å². The van der Waals surface area contributed by atoms with Crippen molar-refractivity contribution in [2.45, 2.75) is 6.92 Å². The van der Waals surface area contributed by atoms with Crippen LogP contribution in [0.5, 0.6) is 23.1 Å². The molecule has 36 heavy (non-hydrogen) atoms. The summed E-state index contributed by atoms with van der Waals surface area (Å²) in [5.74, 6) is 3.22. The highest BCUT2D eigenvalue weighted by Gasteiger charge is 2.24. The molecule has 5 rings (SSSR count). The van der Waals surface area contributed by atoms with Gasteiger partial charge in [-0.3, -0.25) is 4.79 Å². The van der Waals surface area contributed by atoms with Gasteiger partial charge in [0.15, 0.2) is 0 Å². The van der Waals surface area contributed by atoms with Crippen molar-refractivity contribution in [2.75, 3.05) is 31.1 Å². The molecule has 1 saturated heterocycles. The summed E-state index contributed by atoms with van der Waals surface area (Å²) in [6.45, 7) is 4.22. The number of halogens is 1. The molecular weight excluding hydrogens is 459 g/mol. The fourth-order valence-electron chi connectivity index (χ4n) is 4.00. The third kappa shape index (κ3) is 5.60. The SMILES string of the molecule is Cc1nc(Oc2ccccc2)cc(N2CCN(C(=O)c3cccc(Oc4ccc(F)cc4)c3)CC2)n1. The average molecular weight is 485 g/mol. The number of aromatic nitrogens is 2. The molecular formula is C28H25FN4O3. The van der Waals surface area contributed by atoms with Gasteiger partial charge in [-0.2, -0.15) is 4.98 Å². The number of piperazine rings is 1. The van der Waals surface area contributed by atoms with Crippen LogP contribution in [0.15, 0.2) is 84.9 Å². The van der Waals surface area contributed by atoms with Gasteiger partial charge in [-0.05, 0) is 61.5 Å². The Balaban J connectivity index is 1.22. The Hall–Kier alpha value is -4.46. The Bertz CT molecular complexity index is 1340. The van der Waals surface area contributed by atoms with Gasteiger partial charge in [0.05, 0.1) is 0 Å². The normalized spacial score (nSPS) is 13.4. The summed E-state index contributed by atoms with van der Waals surface area (Å²) in [5.41, 5.74) is 0.541. The van der Waals surface area contributed by atoms with Crippen LogP contribution in [0, 0.1) is 12.7 Å². The number of amides is 1. The van der Waals surface area contributed by atoms with Gasteiger partial charge in [-0.25, -0.2) is 9.37 Å². The quantitative estimate of drug-likeness (QED) is 0.362. The number of carbonyl (C=O) groups is 1. The van der Waals surface area contributed by atoms with Crippen LogP contribution in [0.4, 0.5) is 10.2 Å². The first-order valence-electron chi connectivity index (χ1n) is 11.7. The van der Waals surface area contributed by atoms with E-state index < -0.39 is 0 Å². The van der Waals surface area contributed by atoms with Crippen LogP contribution in [0.3, 0.4) is 0 Å². The molecule has 1 aliphatic rings. The molecule has 0 saturated carbocycles. The Morgan fingerprint density at radius 1 is 0.778 bits per heavy atom. The summed E-state index contributed by atoms with van der Waals surface area (Å²) in [4.78, 5) is 26.1. The van der Waals surface area contributed by atoms with Gasteiger partial charge in [0.1, 0.15) is 34.7 Å². The molecule has 3 aromatic carbocycles. The van der Waals surface area contributed by atoms with Gasteiger partial charge >= 0.3 is 0 Å². The van der Waals surface area contributed by atoms with Crippen molar-refractivity contribution >= 4 is 11.7 Å². The lowest BCUT2D eigenvalue weighted by Gasteiger charge is -2.35. The summed E-state index contributed by atoms with van der Waals surface area (Å²) < 4.78 is 24.8. The minimum Gasteiger partial charge on any atom is -0.457 e. The highest BCUT2D eigenvalue weighted by molar-refractivity contribution is 5.94. The van der Waals surface area contributed by atoms with Gasteiger partial charge in [0.2, 0.25) is 5.88 Å². The molecule has 0 atom stereocenters. The summed E-state index contributed by atoms with van der Waals surface area (Å²) in [6.07, 6.45) is 0. The lowest BCUT2D eigenvalue weighted by molar-refractivity contribution is 0.0746. The van der Waals surface area contributed by atoms with Gasteiger partial charge in [0, 0.05) is 37.8 Å². The first kappa shape index (κ1) is 23.3. The van der Waals surface area contributed by atoms with Crippen molar-refractivity contribution in [3.05, 3.63) is 102 Å². The maximum absolute atomic E-state index is 13.2. The number of hydrogen-bond acceptors (Lipinski definition) is 6. The second kappa shape index (κ2) is 10.4. The van der Waals surface area contributed by atoms with Crippen LogP contribution in [0.1, 0.15) is 16.2 Å². The number of rotatable bonds is 6. The fourth-order valence-corrected chi connectivity index (χ4v) is 4.00. The van der Waals surface area contributed by atoms with Gasteiger partial charge in [-0.15, -0.1) is 0 Å². The minimum atomic E-state index is -0.331. The number of ether oxygens (including phenoxy) is 2. The van der Waals surface area contributed by atoms with E-state index in [1.807, 2.05) is 48.2 Å². The molecule has 182 valence electrons. The van der Waals surface area contributed by atoms with Gasteiger partial charge in [0.25, 0.3) is 5.91 Å². The molecule has 4 aromatic rings. The Labute approximate surface area is 208 Å². The number of anilines is 1. The smallest absolute Gasteiger partial charge is 0.254 e. The van der Waals surface area contributed by atoms with E-state index in [4.69, 9.17) is 9.47 Å². The molecule has 7 nitrogen and oxygen atoms in total. The standard InChI is InChI=1S/C28H25FN4O3/c1-20-30-26(19-27(31-20)36-23-7-3-2-4-8-23)32-14-16-33(17-15-32)28(34)21-6-5-9-25(18-21)35-24-12-10-22(29)11-13-24/h2-13,18-19H,14-17H2,1H3. The van der Waals surface area contributed by atoms with Crippen LogP contribution in [0.25, 0.3) is 0 Å². The van der Waals surface area contributed by atoms with E-state index in [1.54, 1.807) is 36.4 Å². The van der Waals surface area contributed by atoms with E-state index >= 15 is 0 Å². The monoisotopic (exact) mass is 484 g/mol. The van der Waals surface area contributed by atoms with Crippen molar-refractivity contribution in [1.29, 1.82) is 0 Å². The van der Waals surface area contributed by atoms with Crippen LogP contribution in [-0.4, -0.2) is 47.0 Å². The zero-order chi connectivity index (χ0) is 24.9. The lowest BCUT2D eigenvalue weighted by atomic mass is 10.1. The topological polar surface area (TPSA) is 67.8 Å². The van der Waals surface area contributed by atoms with Crippen molar-refractivity contribution in [1.82, 2.24) is 14.9 Å². The molecule has 1 fully saturated rings. The molecule has 2 heterocycles. The molecule has 1 aliphatic heterocycles. The zero-order valence-corrected chi connectivity index (χ0v) is 19.8. The average Bonchev–Trinajstić information content (AvgIpc) is 2.90. The van der Waals surface area contributed by atoms with Crippen LogP contribution in [-0.2, 0) is 0 Å². The number of carbonyl (C=O) groups excluding carboxylic acids is 1. The highest BCUT2D eigenvalue weighted by Crippen LogP contribution is 2.26. The molecule has 1 amide bonds. The maximum atomic E-state index is 13.2. The predicted octanol–water partition coefficient (Wildman–Crippen LogP) is 5.47.